The number of nitrogens with one attached hydrogen (secondary N) is 1. The average molecular weight is 182 g/mol. The van der Waals surface area contributed by atoms with Crippen molar-refractivity contribution in [3.63, 3.8) is 0 Å². The molecule has 0 saturated heterocycles. The second kappa shape index (κ2) is 7.63. The largest absolute Gasteiger partial charge is 0.345 e. The Morgan fingerprint density at radius 3 is 2.77 bits per heavy atom. The van der Waals surface area contributed by atoms with Gasteiger partial charge in [-0.25, -0.2) is 0 Å². The molecule has 0 heterocycles. The van der Waals surface area contributed by atoms with Crippen molar-refractivity contribution < 1.29 is 4.79 Å². The van der Waals surface area contributed by atoms with Gasteiger partial charge in [-0.2, -0.15) is 0 Å². The summed E-state index contributed by atoms with van der Waals surface area (Å²) in [5, 5.41) is 2.71. The van der Waals surface area contributed by atoms with Crippen LogP contribution in [0.3, 0.4) is 0 Å². The minimum Gasteiger partial charge on any atom is -0.345 e. The molecule has 0 saturated carbocycles. The summed E-state index contributed by atoms with van der Waals surface area (Å²) in [7, 11) is 0. The van der Waals surface area contributed by atoms with Gasteiger partial charge in [0.1, 0.15) is 0 Å². The van der Waals surface area contributed by atoms with E-state index in [-0.39, 0.29) is 5.91 Å². The lowest BCUT2D eigenvalue weighted by atomic mass is 10.0. The van der Waals surface area contributed by atoms with E-state index in [0.717, 1.165) is 6.42 Å². The number of rotatable bonds is 5. The molecule has 0 radical (unpaired) electrons. The van der Waals surface area contributed by atoms with Gasteiger partial charge in [0.2, 0.25) is 5.91 Å². The van der Waals surface area contributed by atoms with E-state index in [1.165, 1.54) is 0 Å². The van der Waals surface area contributed by atoms with Crippen molar-refractivity contribution in [2.45, 2.75) is 26.7 Å². The van der Waals surface area contributed by atoms with E-state index in [2.05, 4.69) is 17.2 Å². The molecule has 0 aliphatic carbocycles. The molecule has 3 nitrogen and oxygen atoms in total. The molecule has 0 aromatic rings. The summed E-state index contributed by atoms with van der Waals surface area (Å²) in [6.45, 7) is 4.80. The van der Waals surface area contributed by atoms with Gasteiger partial charge in [0.15, 0.2) is 0 Å². The molecule has 0 aromatic heterocycles. The Balaban J connectivity index is 3.64. The Labute approximate surface area is 80.1 Å². The molecule has 0 fully saturated rings. The highest BCUT2D eigenvalue weighted by molar-refractivity contribution is 5.76. The average Bonchev–Trinajstić information content (AvgIpc) is 2.14. The predicted octanol–water partition coefficient (Wildman–Crippen LogP) is 0.501. The summed E-state index contributed by atoms with van der Waals surface area (Å²) in [6, 6.07) is 0. The van der Waals surface area contributed by atoms with E-state index < -0.39 is 0 Å². The molecule has 0 rings (SSSR count). The van der Waals surface area contributed by atoms with Gasteiger partial charge in [-0.1, -0.05) is 19.3 Å². The van der Waals surface area contributed by atoms with Crippen LogP contribution in [0.4, 0.5) is 0 Å². The first-order chi connectivity index (χ1) is 6.24. The molecule has 0 aliphatic rings. The molecule has 1 amide bonds. The monoisotopic (exact) mass is 182 g/mol. The van der Waals surface area contributed by atoms with Crippen LogP contribution in [-0.2, 0) is 4.79 Å². The third-order valence-electron chi connectivity index (χ3n) is 1.94. The van der Waals surface area contributed by atoms with E-state index in [0.29, 0.717) is 25.4 Å². The van der Waals surface area contributed by atoms with E-state index in [1.54, 1.807) is 6.92 Å². The molecule has 1 unspecified atom stereocenters. The van der Waals surface area contributed by atoms with Gasteiger partial charge in [0.25, 0.3) is 0 Å². The van der Waals surface area contributed by atoms with Crippen LogP contribution in [0.15, 0.2) is 0 Å². The fraction of sp³-hybridized carbons (Fsp3) is 0.700. The Hall–Kier alpha value is -1.01. The van der Waals surface area contributed by atoms with Crippen LogP contribution in [0.25, 0.3) is 0 Å². The first-order valence-corrected chi connectivity index (χ1v) is 4.60. The van der Waals surface area contributed by atoms with Gasteiger partial charge in [-0.15, -0.1) is 5.92 Å². The molecule has 0 spiro atoms. The van der Waals surface area contributed by atoms with Crippen molar-refractivity contribution >= 4 is 5.91 Å². The topological polar surface area (TPSA) is 55.1 Å². The van der Waals surface area contributed by atoms with Crippen LogP contribution < -0.4 is 11.1 Å². The number of hydrogen-bond acceptors (Lipinski definition) is 2. The summed E-state index contributed by atoms with van der Waals surface area (Å²) in [4.78, 5) is 11.2. The number of carbonyl (C=O) groups excluding carboxylic acids is 1. The second-order valence-electron chi connectivity index (χ2n) is 2.92. The Bertz CT molecular complexity index is 199. The summed E-state index contributed by atoms with van der Waals surface area (Å²) in [5.74, 6) is 5.83. The first-order valence-electron chi connectivity index (χ1n) is 4.60. The quantitative estimate of drug-likeness (QED) is 0.608. The first kappa shape index (κ1) is 12.0. The lowest BCUT2D eigenvalue weighted by Gasteiger charge is -2.10. The highest BCUT2D eigenvalue weighted by Gasteiger charge is 2.08. The van der Waals surface area contributed by atoms with Gasteiger partial charge in [-0.3, -0.25) is 4.79 Å². The molecular formula is C10H18N2O. The summed E-state index contributed by atoms with van der Waals surface area (Å²) >= 11 is 0. The predicted molar refractivity (Wildman–Crippen MR) is 53.9 cm³/mol. The van der Waals surface area contributed by atoms with Crippen molar-refractivity contribution in [3.8, 4) is 11.8 Å². The highest BCUT2D eigenvalue weighted by Crippen LogP contribution is 2.04. The number of amides is 1. The SMILES string of the molecule is CC#CCNC(=O)CC(CC)CN. The zero-order valence-electron chi connectivity index (χ0n) is 8.39. The molecule has 0 bridgehead atoms. The fourth-order valence-corrected chi connectivity index (χ4v) is 0.960. The van der Waals surface area contributed by atoms with Gasteiger partial charge in [-0.05, 0) is 19.4 Å². The molecule has 3 N–H and O–H groups in total. The van der Waals surface area contributed by atoms with E-state index in [4.69, 9.17) is 5.73 Å². The number of carbonyl (C=O) groups is 1. The van der Waals surface area contributed by atoms with Crippen molar-refractivity contribution in [1.82, 2.24) is 5.32 Å². The standard InChI is InChI=1S/C10H18N2O/c1-3-5-6-12-10(13)7-9(4-2)8-11/h9H,4,6-8,11H2,1-2H3,(H,12,13). The minimum absolute atomic E-state index is 0.0417. The Morgan fingerprint density at radius 2 is 2.31 bits per heavy atom. The molecule has 1 atom stereocenters. The van der Waals surface area contributed by atoms with Crippen molar-refractivity contribution in [1.29, 1.82) is 0 Å². The summed E-state index contributed by atoms with van der Waals surface area (Å²) in [5.41, 5.74) is 5.48. The Morgan fingerprint density at radius 1 is 1.62 bits per heavy atom. The van der Waals surface area contributed by atoms with Gasteiger partial charge in [0.05, 0.1) is 6.54 Å². The molecular weight excluding hydrogens is 164 g/mol. The Kier molecular flexibility index (Phi) is 7.04. The maximum atomic E-state index is 11.2. The fourth-order valence-electron chi connectivity index (χ4n) is 0.960. The van der Waals surface area contributed by atoms with Crippen molar-refractivity contribution in [2.75, 3.05) is 13.1 Å². The van der Waals surface area contributed by atoms with Gasteiger partial charge >= 0.3 is 0 Å². The van der Waals surface area contributed by atoms with Gasteiger partial charge in [0, 0.05) is 6.42 Å². The van der Waals surface area contributed by atoms with Crippen LogP contribution in [0, 0.1) is 17.8 Å². The van der Waals surface area contributed by atoms with E-state index >= 15 is 0 Å². The van der Waals surface area contributed by atoms with Crippen LogP contribution in [0.5, 0.6) is 0 Å². The van der Waals surface area contributed by atoms with Crippen LogP contribution >= 0.6 is 0 Å². The third kappa shape index (κ3) is 6.18. The smallest absolute Gasteiger partial charge is 0.221 e. The maximum absolute atomic E-state index is 11.2. The third-order valence-corrected chi connectivity index (χ3v) is 1.94. The molecule has 3 heteroatoms. The van der Waals surface area contributed by atoms with Crippen LogP contribution in [0.2, 0.25) is 0 Å². The molecule has 13 heavy (non-hydrogen) atoms. The van der Waals surface area contributed by atoms with Crippen LogP contribution in [0.1, 0.15) is 26.7 Å². The highest BCUT2D eigenvalue weighted by atomic mass is 16.1. The molecule has 0 aliphatic heterocycles. The van der Waals surface area contributed by atoms with Crippen LogP contribution in [-0.4, -0.2) is 19.0 Å². The molecule has 0 aromatic carbocycles. The second-order valence-corrected chi connectivity index (χ2v) is 2.92. The number of hydrogen-bond donors (Lipinski definition) is 2. The van der Waals surface area contributed by atoms with E-state index in [1.807, 2.05) is 6.92 Å². The maximum Gasteiger partial charge on any atom is 0.221 e. The molecule has 74 valence electrons. The summed E-state index contributed by atoms with van der Waals surface area (Å²) < 4.78 is 0. The van der Waals surface area contributed by atoms with Gasteiger partial charge < -0.3 is 11.1 Å². The van der Waals surface area contributed by atoms with E-state index in [9.17, 15) is 4.79 Å². The lowest BCUT2D eigenvalue weighted by Crippen LogP contribution is -2.28. The zero-order chi connectivity index (χ0) is 10.1. The normalized spacial score (nSPS) is 11.3. The lowest BCUT2D eigenvalue weighted by molar-refractivity contribution is -0.121. The van der Waals surface area contributed by atoms with Crippen molar-refractivity contribution in [3.05, 3.63) is 0 Å². The zero-order valence-corrected chi connectivity index (χ0v) is 8.39. The van der Waals surface area contributed by atoms with Crippen molar-refractivity contribution in [2.24, 2.45) is 11.7 Å². The number of nitrogens with two attached hydrogens (primary N) is 1. The minimum atomic E-state index is 0.0417. The summed E-state index contributed by atoms with van der Waals surface area (Å²) in [6.07, 6.45) is 1.46.